The predicted octanol–water partition coefficient (Wildman–Crippen LogP) is 2.86. The van der Waals surface area contributed by atoms with Crippen molar-refractivity contribution in [1.29, 1.82) is 0 Å². The Kier molecular flexibility index (Phi) is 7.52. The van der Waals surface area contributed by atoms with Crippen molar-refractivity contribution in [2.45, 2.75) is 18.9 Å². The number of nitrogens with one attached hydrogen (secondary N) is 1. The van der Waals surface area contributed by atoms with Crippen molar-refractivity contribution in [3.8, 4) is 5.75 Å². The summed E-state index contributed by atoms with van der Waals surface area (Å²) in [6, 6.07) is 7.40. The Bertz CT molecular complexity index is 526. The van der Waals surface area contributed by atoms with Gasteiger partial charge in [-0.2, -0.15) is 0 Å². The standard InChI is InChI=1S/C19H26N2O3/c1-3-11-21(12-4-2)14-19(22)20-16-7-9-17(10-8-16)24-15-18-6-5-13-23-18/h3-4,7-10,18H,1-2,5-6,11-15H2,(H,20,22). The molecule has 1 saturated heterocycles. The molecule has 1 N–H and O–H groups in total. The molecule has 5 nitrogen and oxygen atoms in total. The van der Waals surface area contributed by atoms with Gasteiger partial charge in [0.1, 0.15) is 12.4 Å². The van der Waals surface area contributed by atoms with Crippen LogP contribution in [-0.2, 0) is 9.53 Å². The van der Waals surface area contributed by atoms with E-state index in [0.29, 0.717) is 26.2 Å². The predicted molar refractivity (Wildman–Crippen MR) is 96.4 cm³/mol. The van der Waals surface area contributed by atoms with Crippen LogP contribution in [0.5, 0.6) is 5.75 Å². The Hall–Kier alpha value is -2.11. The van der Waals surface area contributed by atoms with Crippen LogP contribution in [0.2, 0.25) is 0 Å². The zero-order valence-corrected chi connectivity index (χ0v) is 14.1. The first-order chi connectivity index (χ1) is 11.7. The van der Waals surface area contributed by atoms with E-state index in [-0.39, 0.29) is 12.0 Å². The Labute approximate surface area is 143 Å². The average Bonchev–Trinajstić information content (AvgIpc) is 3.08. The molecule has 1 aromatic rings. The molecule has 0 aliphatic carbocycles. The molecule has 1 amide bonds. The summed E-state index contributed by atoms with van der Waals surface area (Å²) in [4.78, 5) is 14.0. The van der Waals surface area contributed by atoms with Crippen molar-refractivity contribution in [3.63, 3.8) is 0 Å². The van der Waals surface area contributed by atoms with Gasteiger partial charge in [0.25, 0.3) is 0 Å². The molecule has 0 aromatic heterocycles. The van der Waals surface area contributed by atoms with E-state index in [1.807, 2.05) is 29.2 Å². The lowest BCUT2D eigenvalue weighted by molar-refractivity contribution is -0.117. The highest BCUT2D eigenvalue weighted by Crippen LogP contribution is 2.18. The van der Waals surface area contributed by atoms with E-state index in [1.165, 1.54) is 0 Å². The van der Waals surface area contributed by atoms with Crippen molar-refractivity contribution >= 4 is 11.6 Å². The average molecular weight is 330 g/mol. The van der Waals surface area contributed by atoms with Crippen LogP contribution in [-0.4, -0.2) is 49.8 Å². The van der Waals surface area contributed by atoms with E-state index >= 15 is 0 Å². The normalized spacial score (nSPS) is 16.8. The number of carbonyl (C=O) groups excluding carboxylic acids is 1. The molecular weight excluding hydrogens is 304 g/mol. The van der Waals surface area contributed by atoms with Crippen LogP contribution >= 0.6 is 0 Å². The first-order valence-electron chi connectivity index (χ1n) is 8.29. The van der Waals surface area contributed by atoms with Gasteiger partial charge < -0.3 is 14.8 Å². The highest BCUT2D eigenvalue weighted by molar-refractivity contribution is 5.92. The molecule has 0 bridgehead atoms. The van der Waals surface area contributed by atoms with Gasteiger partial charge in [0.15, 0.2) is 0 Å². The summed E-state index contributed by atoms with van der Waals surface area (Å²) in [6.45, 7) is 10.4. The molecule has 1 aliphatic rings. The molecule has 130 valence electrons. The number of nitrogens with zero attached hydrogens (tertiary/aromatic N) is 1. The van der Waals surface area contributed by atoms with Crippen molar-refractivity contribution < 1.29 is 14.3 Å². The Morgan fingerprint density at radius 3 is 2.58 bits per heavy atom. The monoisotopic (exact) mass is 330 g/mol. The zero-order valence-electron chi connectivity index (χ0n) is 14.1. The quantitative estimate of drug-likeness (QED) is 0.670. The van der Waals surface area contributed by atoms with Crippen LogP contribution in [0.3, 0.4) is 0 Å². The highest BCUT2D eigenvalue weighted by atomic mass is 16.5. The number of rotatable bonds is 10. The zero-order chi connectivity index (χ0) is 17.2. The topological polar surface area (TPSA) is 50.8 Å². The summed E-state index contributed by atoms with van der Waals surface area (Å²) in [5.41, 5.74) is 0.752. The van der Waals surface area contributed by atoms with Gasteiger partial charge in [0.2, 0.25) is 5.91 Å². The van der Waals surface area contributed by atoms with Gasteiger partial charge in [-0.1, -0.05) is 12.2 Å². The Balaban J connectivity index is 1.78. The van der Waals surface area contributed by atoms with Crippen molar-refractivity contribution in [2.24, 2.45) is 0 Å². The maximum atomic E-state index is 12.1. The molecule has 0 radical (unpaired) electrons. The summed E-state index contributed by atoms with van der Waals surface area (Å²) in [7, 11) is 0. The smallest absolute Gasteiger partial charge is 0.238 e. The maximum Gasteiger partial charge on any atom is 0.238 e. The summed E-state index contributed by atoms with van der Waals surface area (Å²) >= 11 is 0. The number of benzene rings is 1. The van der Waals surface area contributed by atoms with Gasteiger partial charge in [0, 0.05) is 25.4 Å². The first-order valence-corrected chi connectivity index (χ1v) is 8.29. The molecule has 1 unspecified atom stereocenters. The molecule has 0 spiro atoms. The van der Waals surface area contributed by atoms with Gasteiger partial charge in [-0.15, -0.1) is 13.2 Å². The molecular formula is C19H26N2O3. The molecule has 1 heterocycles. The minimum Gasteiger partial charge on any atom is -0.491 e. The summed E-state index contributed by atoms with van der Waals surface area (Å²) in [6.07, 6.45) is 5.91. The molecule has 1 aliphatic heterocycles. The molecule has 24 heavy (non-hydrogen) atoms. The molecule has 2 rings (SSSR count). The fourth-order valence-corrected chi connectivity index (χ4v) is 2.57. The Morgan fingerprint density at radius 1 is 1.29 bits per heavy atom. The summed E-state index contributed by atoms with van der Waals surface area (Å²) in [5, 5.41) is 2.88. The van der Waals surface area contributed by atoms with Gasteiger partial charge in [-0.25, -0.2) is 0 Å². The third-order valence-electron chi connectivity index (χ3n) is 3.74. The lowest BCUT2D eigenvalue weighted by atomic mass is 10.2. The van der Waals surface area contributed by atoms with Crippen molar-refractivity contribution in [2.75, 3.05) is 38.2 Å². The van der Waals surface area contributed by atoms with Crippen LogP contribution in [0.1, 0.15) is 12.8 Å². The number of amides is 1. The Morgan fingerprint density at radius 2 is 2.00 bits per heavy atom. The van der Waals surface area contributed by atoms with E-state index in [2.05, 4.69) is 18.5 Å². The second-order valence-corrected chi connectivity index (χ2v) is 5.79. The third-order valence-corrected chi connectivity index (χ3v) is 3.74. The van der Waals surface area contributed by atoms with Crippen LogP contribution < -0.4 is 10.1 Å². The number of ether oxygens (including phenoxy) is 2. The van der Waals surface area contributed by atoms with Crippen LogP contribution in [0.15, 0.2) is 49.6 Å². The number of hydrogen-bond acceptors (Lipinski definition) is 4. The lowest BCUT2D eigenvalue weighted by Gasteiger charge is -2.18. The van der Waals surface area contributed by atoms with E-state index in [4.69, 9.17) is 9.47 Å². The van der Waals surface area contributed by atoms with Crippen LogP contribution in [0.25, 0.3) is 0 Å². The number of carbonyl (C=O) groups is 1. The van der Waals surface area contributed by atoms with Crippen LogP contribution in [0.4, 0.5) is 5.69 Å². The molecule has 5 heteroatoms. The SMILES string of the molecule is C=CCN(CC=C)CC(=O)Nc1ccc(OCC2CCCO2)cc1. The largest absolute Gasteiger partial charge is 0.491 e. The number of hydrogen-bond donors (Lipinski definition) is 1. The highest BCUT2D eigenvalue weighted by Gasteiger charge is 2.16. The summed E-state index contributed by atoms with van der Waals surface area (Å²) in [5.74, 6) is 0.718. The minimum absolute atomic E-state index is 0.0632. The van der Waals surface area contributed by atoms with Crippen molar-refractivity contribution in [1.82, 2.24) is 4.90 Å². The molecule has 1 atom stereocenters. The summed E-state index contributed by atoms with van der Waals surface area (Å²) < 4.78 is 11.2. The molecule has 1 fully saturated rings. The fraction of sp³-hybridized carbons (Fsp3) is 0.421. The molecule has 0 saturated carbocycles. The van der Waals surface area contributed by atoms with Gasteiger partial charge >= 0.3 is 0 Å². The van der Waals surface area contributed by atoms with Gasteiger partial charge in [-0.3, -0.25) is 9.69 Å². The van der Waals surface area contributed by atoms with E-state index in [1.54, 1.807) is 12.2 Å². The van der Waals surface area contributed by atoms with E-state index in [9.17, 15) is 4.79 Å². The van der Waals surface area contributed by atoms with E-state index in [0.717, 1.165) is 30.9 Å². The third kappa shape index (κ3) is 6.18. The number of anilines is 1. The second kappa shape index (κ2) is 9.90. The van der Waals surface area contributed by atoms with Gasteiger partial charge in [0.05, 0.1) is 12.6 Å². The van der Waals surface area contributed by atoms with Crippen LogP contribution in [0, 0.1) is 0 Å². The lowest BCUT2D eigenvalue weighted by Crippen LogP contribution is -2.33. The van der Waals surface area contributed by atoms with E-state index < -0.39 is 0 Å². The van der Waals surface area contributed by atoms with Gasteiger partial charge in [-0.05, 0) is 37.1 Å². The maximum absolute atomic E-state index is 12.1. The molecule has 1 aromatic carbocycles. The fourth-order valence-electron chi connectivity index (χ4n) is 2.57. The minimum atomic E-state index is -0.0632. The first kappa shape index (κ1) is 18.2. The van der Waals surface area contributed by atoms with Crippen molar-refractivity contribution in [3.05, 3.63) is 49.6 Å². The second-order valence-electron chi connectivity index (χ2n) is 5.79.